The fourth-order valence-electron chi connectivity index (χ4n) is 1.48. The van der Waals surface area contributed by atoms with Gasteiger partial charge in [-0.1, -0.05) is 29.3 Å². The Morgan fingerprint density at radius 1 is 1.38 bits per heavy atom. The third-order valence-corrected chi connectivity index (χ3v) is 3.06. The van der Waals surface area contributed by atoms with Crippen molar-refractivity contribution in [2.45, 2.75) is 6.92 Å². The molecule has 1 aromatic heterocycles. The molecule has 16 heavy (non-hydrogen) atoms. The molecule has 0 radical (unpaired) electrons. The number of benzene rings is 1. The standard InChI is InChI=1S/C11H7Cl2NO2/c1-5-8(12)3-2-6-4-7(11(15)16)10(13)14-9(5)6/h2-4H,1H3,(H,15,16). The summed E-state index contributed by atoms with van der Waals surface area (Å²) in [5.41, 5.74) is 1.41. The summed E-state index contributed by atoms with van der Waals surface area (Å²) in [6, 6.07) is 4.93. The van der Waals surface area contributed by atoms with Crippen molar-refractivity contribution in [2.75, 3.05) is 0 Å². The number of pyridine rings is 1. The maximum absolute atomic E-state index is 10.9. The first-order valence-corrected chi connectivity index (χ1v) is 5.25. The maximum atomic E-state index is 10.9. The van der Waals surface area contributed by atoms with Gasteiger partial charge in [-0.15, -0.1) is 0 Å². The summed E-state index contributed by atoms with van der Waals surface area (Å²) in [7, 11) is 0. The van der Waals surface area contributed by atoms with Gasteiger partial charge in [0.1, 0.15) is 5.15 Å². The van der Waals surface area contributed by atoms with Crippen molar-refractivity contribution in [3.63, 3.8) is 0 Å². The minimum absolute atomic E-state index is 0.00381. The van der Waals surface area contributed by atoms with Gasteiger partial charge in [-0.2, -0.15) is 0 Å². The molecule has 1 N–H and O–H groups in total. The zero-order chi connectivity index (χ0) is 11.9. The van der Waals surface area contributed by atoms with Crippen LogP contribution < -0.4 is 0 Å². The number of rotatable bonds is 1. The highest BCUT2D eigenvalue weighted by molar-refractivity contribution is 6.34. The molecule has 0 bridgehead atoms. The third kappa shape index (κ3) is 1.72. The van der Waals surface area contributed by atoms with E-state index in [1.165, 1.54) is 6.07 Å². The number of hydrogen-bond acceptors (Lipinski definition) is 2. The van der Waals surface area contributed by atoms with Gasteiger partial charge in [0.25, 0.3) is 0 Å². The molecule has 0 amide bonds. The maximum Gasteiger partial charge on any atom is 0.338 e. The lowest BCUT2D eigenvalue weighted by Gasteiger charge is -2.05. The van der Waals surface area contributed by atoms with Crippen molar-refractivity contribution in [2.24, 2.45) is 0 Å². The molecule has 0 aliphatic rings. The number of nitrogens with zero attached hydrogens (tertiary/aromatic N) is 1. The molecule has 0 saturated carbocycles. The summed E-state index contributed by atoms with van der Waals surface area (Å²) in [4.78, 5) is 14.9. The average Bonchev–Trinajstić information content (AvgIpc) is 2.23. The van der Waals surface area contributed by atoms with Crippen LogP contribution in [-0.2, 0) is 0 Å². The average molecular weight is 256 g/mol. The van der Waals surface area contributed by atoms with E-state index in [0.717, 1.165) is 5.56 Å². The lowest BCUT2D eigenvalue weighted by molar-refractivity contribution is 0.0697. The van der Waals surface area contributed by atoms with Gasteiger partial charge in [0.2, 0.25) is 0 Å². The molecule has 0 saturated heterocycles. The molecular formula is C11H7Cl2NO2. The first kappa shape index (κ1) is 11.2. The fourth-order valence-corrected chi connectivity index (χ4v) is 1.86. The summed E-state index contributed by atoms with van der Waals surface area (Å²) in [5, 5.41) is 10.2. The molecule has 0 aliphatic heterocycles. The van der Waals surface area contributed by atoms with Crippen molar-refractivity contribution in [3.05, 3.63) is 39.5 Å². The van der Waals surface area contributed by atoms with E-state index >= 15 is 0 Å². The van der Waals surface area contributed by atoms with Crippen LogP contribution in [0.1, 0.15) is 15.9 Å². The lowest BCUT2D eigenvalue weighted by atomic mass is 10.1. The zero-order valence-corrected chi connectivity index (χ0v) is 9.80. The second-order valence-corrected chi connectivity index (χ2v) is 4.14. The van der Waals surface area contributed by atoms with Gasteiger partial charge in [0, 0.05) is 10.4 Å². The van der Waals surface area contributed by atoms with E-state index in [1.807, 2.05) is 6.92 Å². The van der Waals surface area contributed by atoms with Crippen LogP contribution in [0.25, 0.3) is 10.9 Å². The van der Waals surface area contributed by atoms with E-state index in [-0.39, 0.29) is 10.7 Å². The molecule has 0 unspecified atom stereocenters. The molecule has 0 spiro atoms. The van der Waals surface area contributed by atoms with Crippen molar-refractivity contribution >= 4 is 40.1 Å². The van der Waals surface area contributed by atoms with Crippen LogP contribution >= 0.6 is 23.2 Å². The molecular weight excluding hydrogens is 249 g/mol. The minimum atomic E-state index is -1.09. The number of hydrogen-bond donors (Lipinski definition) is 1. The van der Waals surface area contributed by atoms with Crippen molar-refractivity contribution in [3.8, 4) is 0 Å². The first-order chi connectivity index (χ1) is 7.50. The predicted octanol–water partition coefficient (Wildman–Crippen LogP) is 3.55. The van der Waals surface area contributed by atoms with Crippen molar-refractivity contribution in [1.82, 2.24) is 4.98 Å². The fraction of sp³-hybridized carbons (Fsp3) is 0.0909. The second kappa shape index (κ2) is 3.92. The monoisotopic (exact) mass is 255 g/mol. The minimum Gasteiger partial charge on any atom is -0.478 e. The Morgan fingerprint density at radius 2 is 2.06 bits per heavy atom. The summed E-state index contributed by atoms with van der Waals surface area (Å²) in [6.07, 6.45) is 0. The summed E-state index contributed by atoms with van der Waals surface area (Å²) in [5.74, 6) is -1.09. The molecule has 0 atom stereocenters. The largest absolute Gasteiger partial charge is 0.478 e. The number of carboxylic acids is 1. The van der Waals surface area contributed by atoms with Crippen LogP contribution in [0.2, 0.25) is 10.2 Å². The molecule has 0 aliphatic carbocycles. The van der Waals surface area contributed by atoms with E-state index < -0.39 is 5.97 Å². The third-order valence-electron chi connectivity index (χ3n) is 2.36. The Kier molecular flexibility index (Phi) is 2.74. The quantitative estimate of drug-likeness (QED) is 0.793. The van der Waals surface area contributed by atoms with Crippen LogP contribution in [0.15, 0.2) is 18.2 Å². The molecule has 5 heteroatoms. The highest BCUT2D eigenvalue weighted by atomic mass is 35.5. The van der Waals surface area contributed by atoms with Crippen molar-refractivity contribution < 1.29 is 9.90 Å². The Hall–Kier alpha value is -1.32. The van der Waals surface area contributed by atoms with Gasteiger partial charge in [0.05, 0.1) is 11.1 Å². The van der Waals surface area contributed by atoms with Crippen LogP contribution in [0.3, 0.4) is 0 Å². The number of aromatic nitrogens is 1. The Bertz CT molecular complexity index is 596. The van der Waals surface area contributed by atoms with Crippen LogP contribution in [-0.4, -0.2) is 16.1 Å². The molecule has 82 valence electrons. The number of carboxylic acid groups (broad SMARTS) is 1. The van der Waals surface area contributed by atoms with Crippen LogP contribution in [0.5, 0.6) is 0 Å². The summed E-state index contributed by atoms with van der Waals surface area (Å²) >= 11 is 11.7. The lowest BCUT2D eigenvalue weighted by Crippen LogP contribution is -2.00. The second-order valence-electron chi connectivity index (χ2n) is 3.38. The molecule has 2 aromatic rings. The number of fused-ring (bicyclic) bond motifs is 1. The molecule has 0 fully saturated rings. The predicted molar refractivity (Wildman–Crippen MR) is 63.5 cm³/mol. The van der Waals surface area contributed by atoms with Gasteiger partial charge >= 0.3 is 5.97 Å². The normalized spacial score (nSPS) is 10.7. The zero-order valence-electron chi connectivity index (χ0n) is 8.29. The van der Waals surface area contributed by atoms with E-state index in [1.54, 1.807) is 12.1 Å². The Morgan fingerprint density at radius 3 is 2.69 bits per heavy atom. The van der Waals surface area contributed by atoms with E-state index in [4.69, 9.17) is 28.3 Å². The highest BCUT2D eigenvalue weighted by Gasteiger charge is 2.13. The molecule has 3 nitrogen and oxygen atoms in total. The van der Waals surface area contributed by atoms with Crippen LogP contribution in [0, 0.1) is 6.92 Å². The summed E-state index contributed by atoms with van der Waals surface area (Å²) < 4.78 is 0. The van der Waals surface area contributed by atoms with E-state index in [9.17, 15) is 4.79 Å². The van der Waals surface area contributed by atoms with Gasteiger partial charge < -0.3 is 5.11 Å². The summed E-state index contributed by atoms with van der Waals surface area (Å²) in [6.45, 7) is 1.81. The van der Waals surface area contributed by atoms with Gasteiger partial charge in [-0.05, 0) is 24.6 Å². The highest BCUT2D eigenvalue weighted by Crippen LogP contribution is 2.27. The first-order valence-electron chi connectivity index (χ1n) is 4.49. The van der Waals surface area contributed by atoms with E-state index in [0.29, 0.717) is 15.9 Å². The van der Waals surface area contributed by atoms with Gasteiger partial charge in [-0.3, -0.25) is 0 Å². The number of aryl methyl sites for hydroxylation is 1. The van der Waals surface area contributed by atoms with E-state index in [2.05, 4.69) is 4.98 Å². The van der Waals surface area contributed by atoms with Gasteiger partial charge in [-0.25, -0.2) is 9.78 Å². The number of carbonyl (C=O) groups is 1. The topological polar surface area (TPSA) is 50.2 Å². The van der Waals surface area contributed by atoms with Crippen molar-refractivity contribution in [1.29, 1.82) is 0 Å². The SMILES string of the molecule is Cc1c(Cl)ccc2cc(C(=O)O)c(Cl)nc12. The molecule has 1 heterocycles. The number of halogens is 2. The molecule has 1 aromatic carbocycles. The Balaban J connectivity index is 2.84. The number of aromatic carboxylic acids is 1. The smallest absolute Gasteiger partial charge is 0.338 e. The van der Waals surface area contributed by atoms with Gasteiger partial charge in [0.15, 0.2) is 0 Å². The Labute approximate surface area is 102 Å². The van der Waals surface area contributed by atoms with Crippen LogP contribution in [0.4, 0.5) is 0 Å². The molecule has 2 rings (SSSR count).